The Morgan fingerprint density at radius 1 is 1.11 bits per heavy atom. The van der Waals surface area contributed by atoms with Crippen molar-refractivity contribution >= 4 is 17.3 Å². The van der Waals surface area contributed by atoms with Gasteiger partial charge in [0.1, 0.15) is 5.82 Å². The van der Waals surface area contributed by atoms with Crippen molar-refractivity contribution < 1.29 is 9.18 Å². The molecule has 1 N–H and O–H groups in total. The minimum atomic E-state index is -0.363. The molecule has 0 heterocycles. The van der Waals surface area contributed by atoms with Gasteiger partial charge in [-0.25, -0.2) is 4.39 Å². The molecule has 4 heteroatoms. The molecule has 3 nitrogen and oxygen atoms in total. The number of hydrogen-bond donors (Lipinski definition) is 1. The Kier molecular flexibility index (Phi) is 4.13. The lowest BCUT2D eigenvalue weighted by atomic mass is 10.3. The molecule has 0 radical (unpaired) electrons. The van der Waals surface area contributed by atoms with Gasteiger partial charge in [0.15, 0.2) is 0 Å². The van der Waals surface area contributed by atoms with Gasteiger partial charge in [0, 0.05) is 12.7 Å². The van der Waals surface area contributed by atoms with Crippen LogP contribution >= 0.6 is 0 Å². The van der Waals surface area contributed by atoms with E-state index in [2.05, 4.69) is 5.32 Å². The lowest BCUT2D eigenvalue weighted by Crippen LogP contribution is -2.32. The second kappa shape index (κ2) is 6.00. The Balaban J connectivity index is 1.97. The fourth-order valence-electron chi connectivity index (χ4n) is 1.69. The first-order chi connectivity index (χ1) is 9.18. The maximum absolute atomic E-state index is 13.4. The number of hydrogen-bond acceptors (Lipinski definition) is 2. The molecule has 0 saturated carbocycles. The molecule has 2 aromatic rings. The van der Waals surface area contributed by atoms with Crippen LogP contribution in [0.1, 0.15) is 0 Å². The van der Waals surface area contributed by atoms with Crippen molar-refractivity contribution in [3.8, 4) is 0 Å². The Morgan fingerprint density at radius 3 is 2.42 bits per heavy atom. The first kappa shape index (κ1) is 13.1. The molecule has 0 bridgehead atoms. The summed E-state index contributed by atoms with van der Waals surface area (Å²) in [7, 11) is 1.70. The standard InChI is InChI=1S/C15H15FN2O/c1-18(12-7-3-2-4-8-12)15(19)11-17-14-10-6-5-9-13(14)16/h2-10,17H,11H2,1H3. The van der Waals surface area contributed by atoms with Gasteiger partial charge in [-0.3, -0.25) is 4.79 Å². The largest absolute Gasteiger partial charge is 0.374 e. The number of likely N-dealkylation sites (N-methyl/N-ethyl adjacent to an activating group) is 1. The van der Waals surface area contributed by atoms with Gasteiger partial charge in [-0.1, -0.05) is 30.3 Å². The van der Waals surface area contributed by atoms with Crippen molar-refractivity contribution in [3.05, 3.63) is 60.4 Å². The smallest absolute Gasteiger partial charge is 0.246 e. The summed E-state index contributed by atoms with van der Waals surface area (Å²) in [5, 5.41) is 2.80. The summed E-state index contributed by atoms with van der Waals surface area (Å²) in [5.74, 6) is -0.493. The predicted octanol–water partition coefficient (Wildman–Crippen LogP) is 2.90. The highest BCUT2D eigenvalue weighted by Gasteiger charge is 2.10. The number of carbonyl (C=O) groups is 1. The topological polar surface area (TPSA) is 32.3 Å². The third-order valence-electron chi connectivity index (χ3n) is 2.82. The van der Waals surface area contributed by atoms with E-state index in [1.807, 2.05) is 30.3 Å². The SMILES string of the molecule is CN(C(=O)CNc1ccccc1F)c1ccccc1. The van der Waals surface area contributed by atoms with E-state index in [1.165, 1.54) is 11.0 Å². The van der Waals surface area contributed by atoms with E-state index in [0.29, 0.717) is 5.69 Å². The van der Waals surface area contributed by atoms with Crippen LogP contribution in [0.4, 0.5) is 15.8 Å². The van der Waals surface area contributed by atoms with Crippen LogP contribution in [0.5, 0.6) is 0 Å². The Morgan fingerprint density at radius 2 is 1.74 bits per heavy atom. The summed E-state index contributed by atoms with van der Waals surface area (Å²) >= 11 is 0. The van der Waals surface area contributed by atoms with E-state index in [-0.39, 0.29) is 18.3 Å². The monoisotopic (exact) mass is 258 g/mol. The molecule has 0 atom stereocenters. The molecule has 98 valence electrons. The van der Waals surface area contributed by atoms with Crippen LogP contribution in [-0.2, 0) is 4.79 Å². The minimum absolute atomic E-state index is 0.0479. The lowest BCUT2D eigenvalue weighted by Gasteiger charge is -2.18. The van der Waals surface area contributed by atoms with Crippen molar-refractivity contribution in [2.24, 2.45) is 0 Å². The third kappa shape index (κ3) is 3.31. The molecule has 0 aliphatic carbocycles. The molecule has 0 aliphatic rings. The zero-order valence-corrected chi connectivity index (χ0v) is 10.6. The van der Waals surface area contributed by atoms with E-state index in [0.717, 1.165) is 5.69 Å². The van der Waals surface area contributed by atoms with E-state index < -0.39 is 0 Å². The highest BCUT2D eigenvalue weighted by atomic mass is 19.1. The van der Waals surface area contributed by atoms with Crippen LogP contribution in [0.15, 0.2) is 54.6 Å². The molecule has 0 spiro atoms. The van der Waals surface area contributed by atoms with Crippen LogP contribution in [0, 0.1) is 5.82 Å². The Bertz CT molecular complexity index is 557. The molecule has 0 unspecified atom stereocenters. The number of halogens is 1. The number of nitrogens with one attached hydrogen (secondary N) is 1. The molecule has 0 fully saturated rings. The van der Waals surface area contributed by atoms with Crippen LogP contribution in [0.3, 0.4) is 0 Å². The summed E-state index contributed by atoms with van der Waals surface area (Å²) in [5.41, 5.74) is 1.14. The van der Waals surface area contributed by atoms with Gasteiger partial charge in [-0.05, 0) is 24.3 Å². The highest BCUT2D eigenvalue weighted by Crippen LogP contribution is 2.14. The van der Waals surface area contributed by atoms with Gasteiger partial charge in [0.05, 0.1) is 12.2 Å². The molecule has 2 aromatic carbocycles. The summed E-state index contributed by atoms with van der Waals surface area (Å²) in [6.45, 7) is 0.0479. The van der Waals surface area contributed by atoms with Crippen molar-refractivity contribution in [1.29, 1.82) is 0 Å². The number of benzene rings is 2. The van der Waals surface area contributed by atoms with E-state index in [4.69, 9.17) is 0 Å². The van der Waals surface area contributed by atoms with E-state index >= 15 is 0 Å². The van der Waals surface area contributed by atoms with Gasteiger partial charge in [0.25, 0.3) is 0 Å². The predicted molar refractivity (Wildman–Crippen MR) is 74.7 cm³/mol. The lowest BCUT2D eigenvalue weighted by molar-refractivity contribution is -0.116. The van der Waals surface area contributed by atoms with Crippen molar-refractivity contribution in [2.75, 3.05) is 23.8 Å². The quantitative estimate of drug-likeness (QED) is 0.914. The second-order valence-electron chi connectivity index (χ2n) is 4.12. The van der Waals surface area contributed by atoms with E-state index in [9.17, 15) is 9.18 Å². The molecule has 19 heavy (non-hydrogen) atoms. The maximum Gasteiger partial charge on any atom is 0.246 e. The summed E-state index contributed by atoms with van der Waals surface area (Å²) < 4.78 is 13.4. The summed E-state index contributed by atoms with van der Waals surface area (Å²) in [6, 6.07) is 15.6. The average molecular weight is 258 g/mol. The molecular weight excluding hydrogens is 243 g/mol. The first-order valence-corrected chi connectivity index (χ1v) is 5.98. The molecular formula is C15H15FN2O. The molecule has 0 saturated heterocycles. The second-order valence-corrected chi connectivity index (χ2v) is 4.12. The third-order valence-corrected chi connectivity index (χ3v) is 2.82. The first-order valence-electron chi connectivity index (χ1n) is 5.98. The zero-order chi connectivity index (χ0) is 13.7. The maximum atomic E-state index is 13.4. The number of carbonyl (C=O) groups excluding carboxylic acids is 1. The fraction of sp³-hybridized carbons (Fsp3) is 0.133. The number of amides is 1. The van der Waals surface area contributed by atoms with Crippen LogP contribution in [0.2, 0.25) is 0 Å². The van der Waals surface area contributed by atoms with E-state index in [1.54, 1.807) is 25.2 Å². The minimum Gasteiger partial charge on any atom is -0.374 e. The fourth-order valence-corrected chi connectivity index (χ4v) is 1.69. The van der Waals surface area contributed by atoms with Gasteiger partial charge in [-0.2, -0.15) is 0 Å². The van der Waals surface area contributed by atoms with Crippen molar-refractivity contribution in [2.45, 2.75) is 0 Å². The molecule has 2 rings (SSSR count). The summed E-state index contributed by atoms with van der Waals surface area (Å²) in [6.07, 6.45) is 0. The van der Waals surface area contributed by atoms with Crippen LogP contribution in [0.25, 0.3) is 0 Å². The Hall–Kier alpha value is -2.36. The van der Waals surface area contributed by atoms with Gasteiger partial charge in [0.2, 0.25) is 5.91 Å². The van der Waals surface area contributed by atoms with Gasteiger partial charge >= 0.3 is 0 Å². The number of para-hydroxylation sites is 2. The number of rotatable bonds is 4. The van der Waals surface area contributed by atoms with Gasteiger partial charge in [-0.15, -0.1) is 0 Å². The Labute approximate surface area is 111 Å². The number of nitrogens with zero attached hydrogens (tertiary/aromatic N) is 1. The van der Waals surface area contributed by atoms with Crippen molar-refractivity contribution in [3.63, 3.8) is 0 Å². The molecule has 1 amide bonds. The number of anilines is 2. The average Bonchev–Trinajstić information content (AvgIpc) is 2.46. The van der Waals surface area contributed by atoms with Crippen molar-refractivity contribution in [1.82, 2.24) is 0 Å². The highest BCUT2D eigenvalue weighted by molar-refractivity contribution is 5.95. The molecule has 0 aromatic heterocycles. The van der Waals surface area contributed by atoms with Gasteiger partial charge < -0.3 is 10.2 Å². The zero-order valence-electron chi connectivity index (χ0n) is 10.6. The molecule has 0 aliphatic heterocycles. The summed E-state index contributed by atoms with van der Waals surface area (Å²) in [4.78, 5) is 13.5. The van der Waals surface area contributed by atoms with Crippen LogP contribution < -0.4 is 10.2 Å². The van der Waals surface area contributed by atoms with Crippen LogP contribution in [-0.4, -0.2) is 19.5 Å². The normalized spacial score (nSPS) is 10.0.